The van der Waals surface area contributed by atoms with Gasteiger partial charge in [-0.2, -0.15) is 13.2 Å². The summed E-state index contributed by atoms with van der Waals surface area (Å²) in [7, 11) is 0. The topological polar surface area (TPSA) is 38.0 Å². The molecule has 0 amide bonds. The normalized spacial score (nSPS) is 27.9. The highest BCUT2D eigenvalue weighted by molar-refractivity contribution is 5.36. The molecule has 6 heteroatoms. The molecule has 1 aromatic carbocycles. The molecular formula is C15H18F4N2. The van der Waals surface area contributed by atoms with Gasteiger partial charge in [-0.25, -0.2) is 4.39 Å². The van der Waals surface area contributed by atoms with Crippen LogP contribution in [-0.2, 0) is 11.7 Å². The third-order valence-corrected chi connectivity index (χ3v) is 4.61. The Bertz CT molecular complexity index is 537. The lowest BCUT2D eigenvalue weighted by Gasteiger charge is -2.26. The molecule has 1 aromatic rings. The van der Waals surface area contributed by atoms with Gasteiger partial charge in [0.1, 0.15) is 5.82 Å². The van der Waals surface area contributed by atoms with Crippen LogP contribution in [0.15, 0.2) is 18.2 Å². The molecule has 2 nitrogen and oxygen atoms in total. The average molecular weight is 302 g/mol. The van der Waals surface area contributed by atoms with E-state index in [1.54, 1.807) is 0 Å². The first-order valence-electron chi connectivity index (χ1n) is 7.22. The molecule has 2 saturated carbocycles. The molecule has 0 bridgehead atoms. The standard InChI is InChI=1S/C15H18F4N2/c16-11-5-4-9(8-10(11)15(17,18)19)14(6-7-14)21-13-3-1-2-12(13)20/h4-5,8,12-13,21H,1-3,6-7,20H2/t12-,13-/m0/s1. The van der Waals surface area contributed by atoms with E-state index in [9.17, 15) is 17.6 Å². The van der Waals surface area contributed by atoms with E-state index >= 15 is 0 Å². The van der Waals surface area contributed by atoms with E-state index in [2.05, 4.69) is 5.32 Å². The van der Waals surface area contributed by atoms with Crippen molar-refractivity contribution in [2.24, 2.45) is 5.73 Å². The maximum atomic E-state index is 13.4. The number of hydrogen-bond donors (Lipinski definition) is 2. The van der Waals surface area contributed by atoms with Crippen LogP contribution in [0.3, 0.4) is 0 Å². The quantitative estimate of drug-likeness (QED) is 0.841. The predicted octanol–water partition coefficient (Wildman–Crippen LogP) is 3.30. The Morgan fingerprint density at radius 1 is 1.19 bits per heavy atom. The minimum atomic E-state index is -4.67. The fourth-order valence-electron chi connectivity index (χ4n) is 3.20. The predicted molar refractivity (Wildman–Crippen MR) is 71.1 cm³/mol. The van der Waals surface area contributed by atoms with Gasteiger partial charge in [0.05, 0.1) is 5.56 Å². The number of alkyl halides is 3. The third kappa shape index (κ3) is 2.79. The summed E-state index contributed by atoms with van der Waals surface area (Å²) >= 11 is 0. The van der Waals surface area contributed by atoms with E-state index < -0.39 is 23.1 Å². The molecular weight excluding hydrogens is 284 g/mol. The third-order valence-electron chi connectivity index (χ3n) is 4.61. The fraction of sp³-hybridized carbons (Fsp3) is 0.600. The summed E-state index contributed by atoms with van der Waals surface area (Å²) in [6.07, 6.45) is -0.231. The van der Waals surface area contributed by atoms with Crippen LogP contribution < -0.4 is 11.1 Å². The van der Waals surface area contributed by atoms with Crippen LogP contribution in [0.5, 0.6) is 0 Å². The molecule has 21 heavy (non-hydrogen) atoms. The van der Waals surface area contributed by atoms with E-state index in [0.29, 0.717) is 5.56 Å². The van der Waals surface area contributed by atoms with Crippen molar-refractivity contribution in [3.63, 3.8) is 0 Å². The zero-order valence-electron chi connectivity index (χ0n) is 11.5. The Morgan fingerprint density at radius 3 is 2.43 bits per heavy atom. The van der Waals surface area contributed by atoms with Crippen molar-refractivity contribution in [1.29, 1.82) is 0 Å². The summed E-state index contributed by atoms with van der Waals surface area (Å²) in [5.74, 6) is -1.22. The minimum absolute atomic E-state index is 0.0463. The highest BCUT2D eigenvalue weighted by Gasteiger charge is 2.48. The average Bonchev–Trinajstić information content (AvgIpc) is 3.07. The lowest BCUT2D eigenvalue weighted by molar-refractivity contribution is -0.140. The van der Waals surface area contributed by atoms with Crippen LogP contribution in [0.4, 0.5) is 17.6 Å². The zero-order valence-corrected chi connectivity index (χ0v) is 11.5. The monoisotopic (exact) mass is 302 g/mol. The largest absolute Gasteiger partial charge is 0.419 e. The number of hydrogen-bond acceptors (Lipinski definition) is 2. The first kappa shape index (κ1) is 14.8. The Morgan fingerprint density at radius 2 is 1.90 bits per heavy atom. The second-order valence-electron chi connectivity index (χ2n) is 6.12. The van der Waals surface area contributed by atoms with Gasteiger partial charge < -0.3 is 11.1 Å². The Balaban J connectivity index is 1.86. The van der Waals surface area contributed by atoms with Gasteiger partial charge in [-0.15, -0.1) is 0 Å². The smallest absolute Gasteiger partial charge is 0.326 e. The van der Waals surface area contributed by atoms with E-state index in [0.717, 1.165) is 44.2 Å². The first-order valence-corrected chi connectivity index (χ1v) is 7.22. The summed E-state index contributed by atoms with van der Waals surface area (Å²) in [6, 6.07) is 3.48. The summed E-state index contributed by atoms with van der Waals surface area (Å²) in [5, 5.41) is 3.42. The van der Waals surface area contributed by atoms with Crippen molar-refractivity contribution in [3.05, 3.63) is 35.1 Å². The van der Waals surface area contributed by atoms with Gasteiger partial charge in [0.15, 0.2) is 0 Å². The molecule has 116 valence electrons. The zero-order chi connectivity index (χ0) is 15.3. The molecule has 3 N–H and O–H groups in total. The molecule has 0 spiro atoms. The molecule has 0 unspecified atom stereocenters. The van der Waals surface area contributed by atoms with Gasteiger partial charge in [0.2, 0.25) is 0 Å². The van der Waals surface area contributed by atoms with Gasteiger partial charge in [-0.3, -0.25) is 0 Å². The summed E-state index contributed by atoms with van der Waals surface area (Å²) in [5.41, 5.74) is 4.87. The van der Waals surface area contributed by atoms with E-state index in [4.69, 9.17) is 5.73 Å². The highest BCUT2D eigenvalue weighted by atomic mass is 19.4. The van der Waals surface area contributed by atoms with Crippen LogP contribution in [0.2, 0.25) is 0 Å². The summed E-state index contributed by atoms with van der Waals surface area (Å²) < 4.78 is 51.9. The van der Waals surface area contributed by atoms with Crippen LogP contribution in [0, 0.1) is 5.82 Å². The van der Waals surface area contributed by atoms with Crippen molar-refractivity contribution < 1.29 is 17.6 Å². The molecule has 0 aliphatic heterocycles. The number of nitrogens with one attached hydrogen (secondary N) is 1. The molecule has 0 heterocycles. The first-order chi connectivity index (χ1) is 9.82. The van der Waals surface area contributed by atoms with Crippen molar-refractivity contribution >= 4 is 0 Å². The van der Waals surface area contributed by atoms with Gasteiger partial charge >= 0.3 is 6.18 Å². The molecule has 2 atom stereocenters. The summed E-state index contributed by atoms with van der Waals surface area (Å²) in [6.45, 7) is 0. The number of nitrogens with two attached hydrogens (primary N) is 1. The van der Waals surface area contributed by atoms with Gasteiger partial charge in [-0.1, -0.05) is 12.5 Å². The van der Waals surface area contributed by atoms with Gasteiger partial charge in [-0.05, 0) is 43.4 Å². The number of halogens is 4. The SMILES string of the molecule is N[C@H]1CCC[C@@H]1NC1(c2ccc(F)c(C(F)(F)F)c2)CC1. The fourth-order valence-corrected chi connectivity index (χ4v) is 3.20. The van der Waals surface area contributed by atoms with Crippen LogP contribution in [-0.4, -0.2) is 12.1 Å². The van der Waals surface area contributed by atoms with Crippen molar-refractivity contribution in [2.75, 3.05) is 0 Å². The van der Waals surface area contributed by atoms with E-state index in [1.165, 1.54) is 6.07 Å². The van der Waals surface area contributed by atoms with Gasteiger partial charge in [0, 0.05) is 17.6 Å². The Kier molecular flexibility index (Phi) is 3.48. The number of benzene rings is 1. The molecule has 2 aliphatic rings. The molecule has 0 aromatic heterocycles. The molecule has 0 radical (unpaired) electrons. The maximum Gasteiger partial charge on any atom is 0.419 e. The van der Waals surface area contributed by atoms with E-state index in [1.807, 2.05) is 0 Å². The molecule has 3 rings (SSSR count). The molecule has 2 aliphatic carbocycles. The van der Waals surface area contributed by atoms with E-state index in [-0.39, 0.29) is 12.1 Å². The van der Waals surface area contributed by atoms with Crippen LogP contribution in [0.1, 0.15) is 43.2 Å². The van der Waals surface area contributed by atoms with Crippen molar-refractivity contribution in [3.8, 4) is 0 Å². The minimum Gasteiger partial charge on any atom is -0.326 e. The lowest BCUT2D eigenvalue weighted by Crippen LogP contribution is -2.46. The Hall–Kier alpha value is -1.14. The highest BCUT2D eigenvalue weighted by Crippen LogP contribution is 2.48. The van der Waals surface area contributed by atoms with Crippen molar-refractivity contribution in [1.82, 2.24) is 5.32 Å². The second-order valence-corrected chi connectivity index (χ2v) is 6.12. The van der Waals surface area contributed by atoms with Crippen molar-refractivity contribution in [2.45, 2.75) is 55.9 Å². The Labute approximate surface area is 120 Å². The number of rotatable bonds is 3. The van der Waals surface area contributed by atoms with Crippen LogP contribution >= 0.6 is 0 Å². The lowest BCUT2D eigenvalue weighted by atomic mass is 9.99. The summed E-state index contributed by atoms with van der Waals surface area (Å²) in [4.78, 5) is 0. The second kappa shape index (κ2) is 4.95. The van der Waals surface area contributed by atoms with Crippen LogP contribution in [0.25, 0.3) is 0 Å². The maximum absolute atomic E-state index is 13.4. The van der Waals surface area contributed by atoms with Gasteiger partial charge in [0.25, 0.3) is 0 Å². The molecule has 0 saturated heterocycles. The molecule has 2 fully saturated rings.